The summed E-state index contributed by atoms with van der Waals surface area (Å²) in [5, 5.41) is 17.4. The Kier molecular flexibility index (Phi) is 10.9. The lowest BCUT2D eigenvalue weighted by Gasteiger charge is -2.30. The number of ether oxygens (including phenoxy) is 1. The number of likely N-dealkylation sites (tertiary alicyclic amines) is 1. The molecule has 14 heteroatoms. The van der Waals surface area contributed by atoms with Gasteiger partial charge in [-0.05, 0) is 83.0 Å². The third-order valence-corrected chi connectivity index (χ3v) is 12.2. The number of aromatic amines is 2. The molecule has 5 atom stereocenters. The summed E-state index contributed by atoms with van der Waals surface area (Å²) in [5.41, 5.74) is 8.29. The molecule has 2 fully saturated rings. The highest BCUT2D eigenvalue weighted by molar-refractivity contribution is 5.87. The van der Waals surface area contributed by atoms with E-state index in [0.717, 1.165) is 66.3 Å². The minimum absolute atomic E-state index is 0.00496. The number of hydrogen-bond donors (Lipinski definition) is 6. The number of nitrogens with zero attached hydrogens (tertiary/aromatic N) is 3. The number of carbonyl (C=O) groups excluding carboxylic acids is 3. The number of alkyl carbamates (subject to hydrolysis) is 1. The van der Waals surface area contributed by atoms with Gasteiger partial charge in [-0.15, -0.1) is 0 Å². The van der Waals surface area contributed by atoms with Gasteiger partial charge in [0.25, 0.3) is 0 Å². The first kappa shape index (κ1) is 39.6. The molecule has 14 nitrogen and oxygen atoms in total. The van der Waals surface area contributed by atoms with E-state index in [9.17, 15) is 24.3 Å². The molecular formula is C43H54N8O6. The molecule has 3 aliphatic rings. The molecule has 0 spiro atoms. The molecule has 57 heavy (non-hydrogen) atoms. The van der Waals surface area contributed by atoms with Gasteiger partial charge in [0.15, 0.2) is 0 Å². The SMILES string of the molecule is COC(=O)N[C@H](C(=O)N1CCC[C@H]1c1ncc(-c2ccc3c(c2)C(C)(C)c2cc(-c4cnc([C@H]5CCC[C@@H]5NC(=O)[C@@H](NC(=O)O)C(C)C)[nH]4)ccc2-3)[nH]1)C(C)C. The van der Waals surface area contributed by atoms with E-state index in [2.05, 4.69) is 76.2 Å². The van der Waals surface area contributed by atoms with Crippen molar-refractivity contribution in [3.05, 3.63) is 71.6 Å². The summed E-state index contributed by atoms with van der Waals surface area (Å²) >= 11 is 0. The van der Waals surface area contributed by atoms with E-state index >= 15 is 0 Å². The zero-order chi connectivity index (χ0) is 40.8. The van der Waals surface area contributed by atoms with Gasteiger partial charge in [-0.25, -0.2) is 19.6 Å². The smallest absolute Gasteiger partial charge is 0.407 e. The fourth-order valence-corrected chi connectivity index (χ4v) is 8.99. The summed E-state index contributed by atoms with van der Waals surface area (Å²) in [6, 6.07) is 11.2. The van der Waals surface area contributed by atoms with Crippen molar-refractivity contribution < 1.29 is 29.0 Å². The number of aromatic nitrogens is 4. The van der Waals surface area contributed by atoms with Crippen LogP contribution in [0.1, 0.15) is 108 Å². The van der Waals surface area contributed by atoms with Gasteiger partial charge in [-0.1, -0.05) is 72.2 Å². The van der Waals surface area contributed by atoms with Gasteiger partial charge >= 0.3 is 12.2 Å². The first-order valence-corrected chi connectivity index (χ1v) is 20.0. The van der Waals surface area contributed by atoms with Crippen LogP contribution in [0.4, 0.5) is 9.59 Å². The number of carbonyl (C=O) groups is 4. The molecule has 0 radical (unpaired) electrons. The molecule has 2 aromatic heterocycles. The van der Waals surface area contributed by atoms with Gasteiger partial charge in [-0.3, -0.25) is 9.59 Å². The first-order valence-electron chi connectivity index (χ1n) is 20.0. The zero-order valence-corrected chi connectivity index (χ0v) is 33.7. The van der Waals surface area contributed by atoms with Crippen LogP contribution in [-0.4, -0.2) is 85.7 Å². The maximum absolute atomic E-state index is 13.7. The highest BCUT2D eigenvalue weighted by Crippen LogP contribution is 2.50. The fourth-order valence-electron chi connectivity index (χ4n) is 8.99. The molecule has 6 N–H and O–H groups in total. The molecule has 2 aromatic carbocycles. The maximum atomic E-state index is 13.7. The molecule has 7 rings (SSSR count). The van der Waals surface area contributed by atoms with E-state index in [1.54, 1.807) is 0 Å². The number of benzene rings is 2. The Labute approximate surface area is 333 Å². The molecule has 4 aromatic rings. The standard InChI is InChI=1S/C43H54N8O6/c1-22(2)35(49-41(54)55)39(52)48-31-11-8-10-28(31)37-44-20-32(46-37)24-13-15-26-27-16-14-25(19-30(27)43(5,6)29(26)18-24)33-21-45-38(47-33)34-12-9-17-51(34)40(53)36(23(3)4)50-42(56)57-7/h13-16,18-23,28,31,34-36,49H,8-12,17H2,1-7H3,(H,44,46)(H,45,47)(H,48,52)(H,50,56)(H,54,55)/t28-,31-,34-,35-,36-/m0/s1. The lowest BCUT2D eigenvalue weighted by molar-refractivity contribution is -0.135. The third-order valence-electron chi connectivity index (χ3n) is 12.2. The average Bonchev–Trinajstić information content (AvgIpc) is 4.03. The van der Waals surface area contributed by atoms with E-state index < -0.39 is 24.3 Å². The van der Waals surface area contributed by atoms with Crippen molar-refractivity contribution in [2.24, 2.45) is 11.8 Å². The van der Waals surface area contributed by atoms with E-state index in [4.69, 9.17) is 14.7 Å². The molecule has 3 heterocycles. The van der Waals surface area contributed by atoms with E-state index in [-0.39, 0.29) is 47.1 Å². The van der Waals surface area contributed by atoms with E-state index in [1.165, 1.54) is 29.4 Å². The Morgan fingerprint density at radius 3 is 2.00 bits per heavy atom. The quantitative estimate of drug-likeness (QED) is 0.0950. The Morgan fingerprint density at radius 1 is 0.825 bits per heavy atom. The van der Waals surface area contributed by atoms with Crippen LogP contribution in [0.5, 0.6) is 0 Å². The lowest BCUT2D eigenvalue weighted by atomic mass is 9.81. The number of methoxy groups -OCH3 is 1. The van der Waals surface area contributed by atoms with Crippen molar-refractivity contribution in [1.29, 1.82) is 0 Å². The largest absolute Gasteiger partial charge is 0.465 e. The van der Waals surface area contributed by atoms with Crippen LogP contribution in [0.2, 0.25) is 0 Å². The number of hydrogen-bond acceptors (Lipinski definition) is 7. The van der Waals surface area contributed by atoms with Crippen LogP contribution in [0.15, 0.2) is 48.8 Å². The van der Waals surface area contributed by atoms with Crippen molar-refractivity contribution >= 4 is 24.0 Å². The van der Waals surface area contributed by atoms with E-state index in [1.807, 2.05) is 45.0 Å². The molecule has 2 aliphatic carbocycles. The summed E-state index contributed by atoms with van der Waals surface area (Å²) in [6.07, 6.45) is 6.07. The van der Waals surface area contributed by atoms with Crippen molar-refractivity contribution in [3.63, 3.8) is 0 Å². The molecule has 4 amide bonds. The van der Waals surface area contributed by atoms with Crippen LogP contribution < -0.4 is 16.0 Å². The fraction of sp³-hybridized carbons (Fsp3) is 0.488. The van der Waals surface area contributed by atoms with Crippen molar-refractivity contribution in [2.45, 2.75) is 109 Å². The monoisotopic (exact) mass is 778 g/mol. The Balaban J connectivity index is 1.08. The van der Waals surface area contributed by atoms with Crippen LogP contribution in [-0.2, 0) is 19.7 Å². The van der Waals surface area contributed by atoms with Crippen LogP contribution >= 0.6 is 0 Å². The molecular weight excluding hydrogens is 725 g/mol. The topological polar surface area (TPSA) is 194 Å². The van der Waals surface area contributed by atoms with Crippen LogP contribution in [0.25, 0.3) is 33.6 Å². The molecule has 0 bridgehead atoms. The predicted molar refractivity (Wildman–Crippen MR) is 215 cm³/mol. The third kappa shape index (κ3) is 7.61. The number of imidazole rings is 2. The van der Waals surface area contributed by atoms with Gasteiger partial charge in [0.1, 0.15) is 23.7 Å². The molecule has 1 saturated carbocycles. The zero-order valence-electron chi connectivity index (χ0n) is 33.7. The summed E-state index contributed by atoms with van der Waals surface area (Å²) in [7, 11) is 1.29. The highest BCUT2D eigenvalue weighted by Gasteiger charge is 2.39. The number of H-pyrrole nitrogens is 2. The number of amides is 4. The maximum Gasteiger partial charge on any atom is 0.407 e. The Bertz CT molecular complexity index is 2170. The normalized spacial score (nSPS) is 20.6. The number of carboxylic acid groups (broad SMARTS) is 1. The van der Waals surface area contributed by atoms with Crippen molar-refractivity contribution in [1.82, 2.24) is 40.8 Å². The summed E-state index contributed by atoms with van der Waals surface area (Å²) in [4.78, 5) is 68.6. The molecule has 0 unspecified atom stereocenters. The number of fused-ring (bicyclic) bond motifs is 3. The summed E-state index contributed by atoms with van der Waals surface area (Å²) in [5.74, 6) is 0.778. The van der Waals surface area contributed by atoms with Crippen molar-refractivity contribution in [2.75, 3.05) is 13.7 Å². The summed E-state index contributed by atoms with van der Waals surface area (Å²) < 4.78 is 4.78. The van der Waals surface area contributed by atoms with Crippen molar-refractivity contribution in [3.8, 4) is 33.6 Å². The summed E-state index contributed by atoms with van der Waals surface area (Å²) in [6.45, 7) is 12.5. The first-order chi connectivity index (χ1) is 27.2. The van der Waals surface area contributed by atoms with E-state index in [0.29, 0.717) is 6.54 Å². The lowest BCUT2D eigenvalue weighted by Crippen LogP contribution is -2.52. The van der Waals surface area contributed by atoms with Gasteiger partial charge in [0.05, 0.1) is 36.9 Å². The van der Waals surface area contributed by atoms with Gasteiger partial charge in [0.2, 0.25) is 11.8 Å². The van der Waals surface area contributed by atoms with Gasteiger partial charge in [-0.2, -0.15) is 0 Å². The Morgan fingerprint density at radius 2 is 1.42 bits per heavy atom. The predicted octanol–water partition coefficient (Wildman–Crippen LogP) is 6.86. The molecule has 1 saturated heterocycles. The van der Waals surface area contributed by atoms with Crippen LogP contribution in [0.3, 0.4) is 0 Å². The van der Waals surface area contributed by atoms with Gasteiger partial charge < -0.3 is 40.7 Å². The molecule has 302 valence electrons. The minimum atomic E-state index is -1.22. The minimum Gasteiger partial charge on any atom is -0.465 e. The Hall–Kier alpha value is -5.66. The number of nitrogens with one attached hydrogen (secondary N) is 5. The second-order valence-corrected chi connectivity index (χ2v) is 16.9. The highest BCUT2D eigenvalue weighted by atomic mass is 16.5. The second kappa shape index (κ2) is 15.7. The number of rotatable bonds is 11. The second-order valence-electron chi connectivity index (χ2n) is 16.9. The van der Waals surface area contributed by atoms with Crippen LogP contribution in [0, 0.1) is 11.8 Å². The average molecular weight is 779 g/mol. The van der Waals surface area contributed by atoms with Gasteiger partial charge in [0, 0.05) is 23.9 Å². The molecule has 1 aliphatic heterocycles.